The summed E-state index contributed by atoms with van der Waals surface area (Å²) in [6, 6.07) is 6.19. The lowest BCUT2D eigenvalue weighted by molar-refractivity contribution is 0.0938. The molecule has 1 aromatic heterocycles. The number of aromatic nitrogens is 2. The van der Waals surface area contributed by atoms with E-state index in [-0.39, 0.29) is 17.4 Å². The maximum atomic E-state index is 12.2. The molecule has 0 aliphatic carbocycles. The number of amides is 1. The van der Waals surface area contributed by atoms with E-state index in [0.717, 1.165) is 10.2 Å². The highest BCUT2D eigenvalue weighted by atomic mass is 19.3. The van der Waals surface area contributed by atoms with Gasteiger partial charge in [0.15, 0.2) is 0 Å². The van der Waals surface area contributed by atoms with Crippen LogP contribution in [-0.4, -0.2) is 27.2 Å². The lowest BCUT2D eigenvalue weighted by Crippen LogP contribution is -2.26. The van der Waals surface area contributed by atoms with Crippen LogP contribution in [0.25, 0.3) is 0 Å². The maximum absolute atomic E-state index is 12.2. The van der Waals surface area contributed by atoms with E-state index in [0.29, 0.717) is 0 Å². The van der Waals surface area contributed by atoms with Gasteiger partial charge in [0.2, 0.25) is 0 Å². The molecular weight excluding hydrogens is 280 g/mol. The number of phenolic OH excluding ortho intramolecular Hbond substituents is 1. The average molecular weight is 295 g/mol. The highest BCUT2D eigenvalue weighted by Crippen LogP contribution is 2.18. The second-order valence-corrected chi connectivity index (χ2v) is 4.63. The Morgan fingerprint density at radius 1 is 1.48 bits per heavy atom. The summed E-state index contributed by atoms with van der Waals surface area (Å²) in [4.78, 5) is 12.0. The van der Waals surface area contributed by atoms with Gasteiger partial charge in [-0.25, -0.2) is 8.78 Å². The summed E-state index contributed by atoms with van der Waals surface area (Å²) < 4.78 is 25.5. The summed E-state index contributed by atoms with van der Waals surface area (Å²) in [5.74, 6) is -0.301. The average Bonchev–Trinajstić information content (AvgIpc) is 2.86. The predicted octanol–water partition coefficient (Wildman–Crippen LogP) is 2.34. The Kier molecular flexibility index (Phi) is 4.52. The minimum absolute atomic E-state index is 0.110. The van der Waals surface area contributed by atoms with Crippen molar-refractivity contribution < 1.29 is 18.7 Å². The highest BCUT2D eigenvalue weighted by molar-refractivity contribution is 5.93. The Balaban J connectivity index is 2.02. The van der Waals surface area contributed by atoms with Gasteiger partial charge in [0.05, 0.1) is 17.8 Å². The molecule has 2 N–H and O–H groups in total. The first-order valence-electron chi connectivity index (χ1n) is 6.36. The zero-order valence-electron chi connectivity index (χ0n) is 11.3. The molecule has 1 amide bonds. The minimum atomic E-state index is -2.52. The Morgan fingerprint density at radius 3 is 2.90 bits per heavy atom. The first-order chi connectivity index (χ1) is 9.95. The molecule has 0 bridgehead atoms. The summed E-state index contributed by atoms with van der Waals surface area (Å²) in [6.45, 7) is 1.21. The van der Waals surface area contributed by atoms with Crippen molar-refractivity contribution in [1.29, 1.82) is 0 Å². The fraction of sp³-hybridized carbons (Fsp3) is 0.286. The van der Waals surface area contributed by atoms with Gasteiger partial charge in [-0.15, -0.1) is 0 Å². The zero-order chi connectivity index (χ0) is 15.4. The van der Waals surface area contributed by atoms with Crippen LogP contribution < -0.4 is 5.32 Å². The van der Waals surface area contributed by atoms with E-state index in [4.69, 9.17) is 0 Å². The van der Waals surface area contributed by atoms with Crippen LogP contribution >= 0.6 is 0 Å². The van der Waals surface area contributed by atoms with Gasteiger partial charge in [0.25, 0.3) is 12.3 Å². The number of hydrogen-bond acceptors (Lipinski definition) is 3. The lowest BCUT2D eigenvalue weighted by atomic mass is 10.1. The van der Waals surface area contributed by atoms with Crippen molar-refractivity contribution in [2.24, 2.45) is 0 Å². The van der Waals surface area contributed by atoms with Crippen LogP contribution in [0, 0.1) is 0 Å². The summed E-state index contributed by atoms with van der Waals surface area (Å²) >= 11 is 0. The molecule has 1 heterocycles. The van der Waals surface area contributed by atoms with E-state index < -0.39 is 18.9 Å². The monoisotopic (exact) mass is 295 g/mol. The van der Waals surface area contributed by atoms with Gasteiger partial charge in [-0.2, -0.15) is 5.10 Å². The van der Waals surface area contributed by atoms with E-state index >= 15 is 0 Å². The summed E-state index contributed by atoms with van der Waals surface area (Å²) in [7, 11) is 0. The van der Waals surface area contributed by atoms with Crippen molar-refractivity contribution >= 4 is 5.91 Å². The predicted molar refractivity (Wildman–Crippen MR) is 72.2 cm³/mol. The van der Waals surface area contributed by atoms with E-state index in [1.54, 1.807) is 25.1 Å². The first-order valence-corrected chi connectivity index (χ1v) is 6.36. The molecule has 0 fully saturated rings. The molecule has 1 aromatic carbocycles. The topological polar surface area (TPSA) is 67.2 Å². The van der Waals surface area contributed by atoms with Crippen LogP contribution in [0.1, 0.15) is 28.9 Å². The van der Waals surface area contributed by atoms with E-state index in [9.17, 15) is 18.7 Å². The number of alkyl halides is 2. The number of nitrogens with zero attached hydrogens (tertiary/aromatic N) is 2. The van der Waals surface area contributed by atoms with Gasteiger partial charge >= 0.3 is 0 Å². The summed E-state index contributed by atoms with van der Waals surface area (Å²) in [5.41, 5.74) is 0.950. The summed E-state index contributed by atoms with van der Waals surface area (Å²) in [6.07, 6.45) is -0.00383. The molecule has 112 valence electrons. The van der Waals surface area contributed by atoms with E-state index in [2.05, 4.69) is 10.4 Å². The second-order valence-electron chi connectivity index (χ2n) is 4.63. The van der Waals surface area contributed by atoms with Crippen LogP contribution in [-0.2, 0) is 6.54 Å². The molecule has 0 aliphatic heterocycles. The Hall–Kier alpha value is -2.44. The van der Waals surface area contributed by atoms with Gasteiger partial charge in [-0.1, -0.05) is 12.1 Å². The molecular formula is C14H15F2N3O2. The maximum Gasteiger partial charge on any atom is 0.257 e. The van der Waals surface area contributed by atoms with Crippen LogP contribution in [0.5, 0.6) is 5.75 Å². The van der Waals surface area contributed by atoms with Crippen molar-refractivity contribution in [2.75, 3.05) is 0 Å². The third-order valence-electron chi connectivity index (χ3n) is 2.94. The molecule has 5 nitrogen and oxygen atoms in total. The Morgan fingerprint density at radius 2 is 2.24 bits per heavy atom. The largest absolute Gasteiger partial charge is 0.508 e. The third kappa shape index (κ3) is 4.01. The van der Waals surface area contributed by atoms with Crippen LogP contribution in [0.15, 0.2) is 36.7 Å². The first kappa shape index (κ1) is 15.0. The Bertz CT molecular complexity index is 628. The number of phenols is 1. The number of carbonyl (C=O) groups excluding carboxylic acids is 1. The molecule has 0 radical (unpaired) electrons. The third-order valence-corrected chi connectivity index (χ3v) is 2.94. The number of nitrogens with one attached hydrogen (secondary N) is 1. The number of carbonyl (C=O) groups is 1. The van der Waals surface area contributed by atoms with Crippen molar-refractivity contribution in [1.82, 2.24) is 15.1 Å². The van der Waals surface area contributed by atoms with Crippen molar-refractivity contribution in [3.8, 4) is 5.75 Å². The van der Waals surface area contributed by atoms with Gasteiger partial charge in [0.1, 0.15) is 12.3 Å². The molecule has 2 rings (SSSR count). The zero-order valence-corrected chi connectivity index (χ0v) is 11.3. The Labute approximate surface area is 120 Å². The number of hydrogen-bond donors (Lipinski definition) is 2. The number of benzene rings is 1. The molecule has 0 aliphatic rings. The smallest absolute Gasteiger partial charge is 0.257 e. The van der Waals surface area contributed by atoms with Crippen molar-refractivity contribution in [2.45, 2.75) is 25.9 Å². The number of rotatable bonds is 5. The van der Waals surface area contributed by atoms with E-state index in [1.165, 1.54) is 18.5 Å². The van der Waals surface area contributed by atoms with Crippen LogP contribution in [0.2, 0.25) is 0 Å². The molecule has 7 heteroatoms. The normalized spacial score (nSPS) is 12.4. The standard InChI is InChI=1S/C14H15F2N3O2/c1-9(10-3-2-4-12(20)5-10)18-14(21)11-6-17-19(7-11)8-13(15)16/h2-7,9,13,20H,8H2,1H3,(H,18,21)/t9-/m0/s1. The molecule has 0 spiro atoms. The SMILES string of the molecule is C[C@H](NC(=O)c1cnn(CC(F)F)c1)c1cccc(O)c1. The summed E-state index contributed by atoms with van der Waals surface area (Å²) in [5, 5.41) is 15.8. The van der Waals surface area contributed by atoms with Crippen LogP contribution in [0.4, 0.5) is 8.78 Å². The van der Waals surface area contributed by atoms with Crippen molar-refractivity contribution in [3.63, 3.8) is 0 Å². The lowest BCUT2D eigenvalue weighted by Gasteiger charge is -2.13. The molecule has 1 atom stereocenters. The quantitative estimate of drug-likeness (QED) is 0.889. The fourth-order valence-electron chi connectivity index (χ4n) is 1.88. The van der Waals surface area contributed by atoms with Gasteiger partial charge in [-0.05, 0) is 24.6 Å². The van der Waals surface area contributed by atoms with Gasteiger partial charge in [0, 0.05) is 6.20 Å². The number of halogens is 2. The molecule has 0 saturated heterocycles. The second kappa shape index (κ2) is 6.34. The van der Waals surface area contributed by atoms with Crippen molar-refractivity contribution in [3.05, 3.63) is 47.8 Å². The molecule has 2 aromatic rings. The van der Waals surface area contributed by atoms with Crippen LogP contribution in [0.3, 0.4) is 0 Å². The molecule has 21 heavy (non-hydrogen) atoms. The fourth-order valence-corrected chi connectivity index (χ4v) is 1.88. The number of aromatic hydroxyl groups is 1. The highest BCUT2D eigenvalue weighted by Gasteiger charge is 2.14. The molecule has 0 unspecified atom stereocenters. The van der Waals surface area contributed by atoms with Gasteiger partial charge < -0.3 is 10.4 Å². The minimum Gasteiger partial charge on any atom is -0.508 e. The molecule has 0 saturated carbocycles. The van der Waals surface area contributed by atoms with E-state index in [1.807, 2.05) is 0 Å². The van der Waals surface area contributed by atoms with Gasteiger partial charge in [-0.3, -0.25) is 9.48 Å².